The van der Waals surface area contributed by atoms with Crippen molar-refractivity contribution < 1.29 is 45.2 Å². The number of carbonyl (C=O) groups excluding carboxylic acids is 2. The Labute approximate surface area is 239 Å². The topological polar surface area (TPSA) is 103 Å². The Morgan fingerprint density at radius 2 is 1.88 bits per heavy atom. The highest BCUT2D eigenvalue weighted by Crippen LogP contribution is 2.32. The number of alkyl halides is 3. The van der Waals surface area contributed by atoms with Gasteiger partial charge in [-0.1, -0.05) is 12.1 Å². The quantitative estimate of drug-likeness (QED) is 0.463. The van der Waals surface area contributed by atoms with E-state index in [1.807, 2.05) is 0 Å². The number of pyridine rings is 1. The fraction of sp³-hybridized carbons (Fsp3) is 0.462. The molecule has 0 radical (unpaired) electrons. The molecule has 0 saturated carbocycles. The van der Waals surface area contributed by atoms with E-state index in [0.717, 1.165) is 12.1 Å². The van der Waals surface area contributed by atoms with Crippen LogP contribution in [-0.2, 0) is 4.79 Å². The van der Waals surface area contributed by atoms with Crippen LogP contribution in [0.1, 0.15) is 56.8 Å². The van der Waals surface area contributed by atoms with E-state index < -0.39 is 116 Å². The van der Waals surface area contributed by atoms with Crippen molar-refractivity contribution in [1.82, 2.24) is 29.7 Å². The number of nitrogens with one attached hydrogen (secondary N) is 2. The number of aromatic nitrogens is 3. The minimum Gasteiger partial charge on any atom is -0.331 e. The van der Waals surface area contributed by atoms with Crippen LogP contribution in [0.5, 0.6) is 0 Å². The number of hydrogen-bond acceptors (Lipinski definition) is 4. The number of carbonyl (C=O) groups is 2. The SMILES string of the molecule is [2H]C1([2H])[C@H](c2cccc(F)c2F)CC[C@@H](NC(=O)N2C([2H])([2H])C([2H])([2H])C(n3c(=O)[nH]c4ncccc43)C([2H])([2H])C2([2H])[2H])C(=O)N1CC(F)(F)F. The van der Waals surface area contributed by atoms with Crippen molar-refractivity contribution in [2.75, 3.05) is 26.0 Å². The number of halogens is 5. The molecule has 1 aromatic carbocycles. The zero-order valence-corrected chi connectivity index (χ0v) is 20.2. The van der Waals surface area contributed by atoms with E-state index in [9.17, 15) is 36.3 Å². The maximum absolute atomic E-state index is 14.8. The van der Waals surface area contributed by atoms with E-state index in [0.29, 0.717) is 10.6 Å². The first-order valence-electron chi connectivity index (χ1n) is 16.8. The van der Waals surface area contributed by atoms with Crippen LogP contribution >= 0.6 is 0 Å². The van der Waals surface area contributed by atoms with Crippen molar-refractivity contribution in [3.05, 3.63) is 64.2 Å². The van der Waals surface area contributed by atoms with Crippen molar-refractivity contribution in [1.29, 1.82) is 0 Å². The second-order valence-electron chi connectivity index (χ2n) is 8.87. The molecule has 214 valence electrons. The number of amides is 3. The summed E-state index contributed by atoms with van der Waals surface area (Å²) in [6.45, 7) is -13.4. The molecule has 2 aliphatic rings. The number of fused-ring (bicyclic) bond motifs is 1. The smallest absolute Gasteiger partial charge is 0.331 e. The summed E-state index contributed by atoms with van der Waals surface area (Å²) >= 11 is 0. The summed E-state index contributed by atoms with van der Waals surface area (Å²) in [6, 6.07) is -1.87. The van der Waals surface area contributed by atoms with E-state index in [2.05, 4.69) is 9.97 Å². The highest BCUT2D eigenvalue weighted by molar-refractivity contribution is 5.87. The summed E-state index contributed by atoms with van der Waals surface area (Å²) in [5.41, 5.74) is -2.36. The van der Waals surface area contributed by atoms with Crippen molar-refractivity contribution in [3.8, 4) is 0 Å². The number of piperidine rings is 1. The molecule has 2 fully saturated rings. The number of aromatic amines is 1. The summed E-state index contributed by atoms with van der Waals surface area (Å²) in [5.74, 6) is -6.81. The zero-order valence-electron chi connectivity index (χ0n) is 30.2. The first-order chi connectivity index (χ1) is 22.8. The summed E-state index contributed by atoms with van der Waals surface area (Å²) in [5, 5.41) is 1.80. The number of nitrogens with zero attached hydrogens (tertiary/aromatic N) is 4. The molecule has 4 heterocycles. The lowest BCUT2D eigenvalue weighted by Gasteiger charge is -2.34. The summed E-state index contributed by atoms with van der Waals surface area (Å²) < 4.78 is 156. The molecule has 2 aromatic heterocycles. The summed E-state index contributed by atoms with van der Waals surface area (Å²) in [4.78, 5) is 45.4. The van der Waals surface area contributed by atoms with Gasteiger partial charge in [0, 0.05) is 48.6 Å². The molecule has 0 spiro atoms. The third-order valence-electron chi connectivity index (χ3n) is 6.19. The number of likely N-dealkylation sites (tertiary alicyclic amines) is 2. The molecule has 2 atom stereocenters. The molecule has 3 amide bonds. The van der Waals surface area contributed by atoms with Gasteiger partial charge >= 0.3 is 17.9 Å². The fourth-order valence-corrected chi connectivity index (χ4v) is 4.39. The van der Waals surface area contributed by atoms with Gasteiger partial charge in [-0.2, -0.15) is 13.2 Å². The number of hydrogen-bond donors (Lipinski definition) is 2. The molecule has 5 rings (SSSR count). The van der Waals surface area contributed by atoms with Crippen LogP contribution < -0.4 is 11.0 Å². The standard InChI is InChI=1S/C26H27F5N6O3/c27-18-4-1-3-17(21(18)28)15-6-7-19(23(38)36(13-15)14-26(29,30)31)33-24(39)35-11-8-16(9-12-35)37-20-5-2-10-32-22(20)34-25(37)40/h1-5,10,15-16,19H,6-9,11-14H2,(H,33,39)(H,32,34,40)/t15-,19-/m1/s1/i8D2,9D2,11D2,12D2,13D2. The molecule has 3 aromatic rings. The number of rotatable bonds is 4. The largest absolute Gasteiger partial charge is 0.406 e. The Bertz CT molecular complexity index is 1880. The molecule has 0 aliphatic carbocycles. The third-order valence-corrected chi connectivity index (χ3v) is 6.19. The van der Waals surface area contributed by atoms with Gasteiger partial charge in [0.2, 0.25) is 5.91 Å². The van der Waals surface area contributed by atoms with Crippen LogP contribution in [0.25, 0.3) is 11.2 Å². The van der Waals surface area contributed by atoms with Crippen LogP contribution in [0.2, 0.25) is 0 Å². The monoisotopic (exact) mass is 576 g/mol. The van der Waals surface area contributed by atoms with Gasteiger partial charge in [0.1, 0.15) is 12.6 Å². The minimum absolute atomic E-state index is 0.183. The molecule has 2 N–H and O–H groups in total. The van der Waals surface area contributed by atoms with Gasteiger partial charge in [-0.25, -0.2) is 23.4 Å². The molecular formula is C26H27F5N6O3. The van der Waals surface area contributed by atoms with Gasteiger partial charge in [-0.15, -0.1) is 0 Å². The fourth-order valence-electron chi connectivity index (χ4n) is 4.39. The summed E-state index contributed by atoms with van der Waals surface area (Å²) in [7, 11) is 0. The van der Waals surface area contributed by atoms with Crippen LogP contribution in [0.4, 0.5) is 26.7 Å². The molecular weight excluding hydrogens is 539 g/mol. The molecule has 0 bridgehead atoms. The van der Waals surface area contributed by atoms with E-state index >= 15 is 0 Å². The van der Waals surface area contributed by atoms with Crippen LogP contribution in [0.3, 0.4) is 0 Å². The van der Waals surface area contributed by atoms with Crippen molar-refractivity contribution in [2.24, 2.45) is 0 Å². The van der Waals surface area contributed by atoms with Gasteiger partial charge in [0.25, 0.3) is 0 Å². The second-order valence-corrected chi connectivity index (χ2v) is 8.87. The minimum atomic E-state index is -5.27. The first kappa shape index (κ1) is 17.7. The van der Waals surface area contributed by atoms with Crippen molar-refractivity contribution in [2.45, 2.75) is 49.8 Å². The van der Waals surface area contributed by atoms with Crippen molar-refractivity contribution in [3.63, 3.8) is 0 Å². The second kappa shape index (κ2) is 10.9. The van der Waals surface area contributed by atoms with Crippen LogP contribution in [0.15, 0.2) is 41.3 Å². The van der Waals surface area contributed by atoms with E-state index in [1.54, 1.807) is 5.32 Å². The van der Waals surface area contributed by atoms with Gasteiger partial charge in [-0.05, 0) is 49.4 Å². The van der Waals surface area contributed by atoms with Crippen LogP contribution in [-0.4, -0.2) is 74.5 Å². The van der Waals surface area contributed by atoms with E-state index in [-0.39, 0.29) is 16.1 Å². The molecule has 0 unspecified atom stereocenters. The lowest BCUT2D eigenvalue weighted by molar-refractivity contribution is -0.162. The Hall–Kier alpha value is -3.97. The third kappa shape index (κ3) is 5.65. The number of H-pyrrole nitrogens is 1. The maximum Gasteiger partial charge on any atom is 0.406 e. The Balaban J connectivity index is 1.56. The molecule has 2 saturated heterocycles. The van der Waals surface area contributed by atoms with Gasteiger partial charge < -0.3 is 15.1 Å². The normalized spacial score (nSPS) is 31.1. The van der Waals surface area contributed by atoms with Gasteiger partial charge in [0.15, 0.2) is 17.3 Å². The zero-order chi connectivity index (χ0) is 37.6. The lowest BCUT2D eigenvalue weighted by Crippen LogP contribution is -2.54. The highest BCUT2D eigenvalue weighted by Gasteiger charge is 2.40. The van der Waals surface area contributed by atoms with E-state index in [1.165, 1.54) is 18.3 Å². The Kier molecular flexibility index (Phi) is 4.81. The average molecular weight is 577 g/mol. The molecule has 2 aliphatic heterocycles. The molecule has 40 heavy (non-hydrogen) atoms. The van der Waals surface area contributed by atoms with Gasteiger partial charge in [-0.3, -0.25) is 14.3 Å². The van der Waals surface area contributed by atoms with E-state index in [4.69, 9.17) is 13.7 Å². The molecule has 14 heteroatoms. The maximum atomic E-state index is 14.8. The Morgan fingerprint density at radius 3 is 2.60 bits per heavy atom. The van der Waals surface area contributed by atoms with Crippen molar-refractivity contribution >= 4 is 23.1 Å². The highest BCUT2D eigenvalue weighted by atomic mass is 19.4. The predicted molar refractivity (Wildman–Crippen MR) is 133 cm³/mol. The number of imidazole rings is 1. The number of urea groups is 1. The lowest BCUT2D eigenvalue weighted by atomic mass is 9.93. The first-order valence-corrected chi connectivity index (χ1v) is 11.8. The van der Waals surface area contributed by atoms with Crippen LogP contribution in [0, 0.1) is 11.6 Å². The van der Waals surface area contributed by atoms with Gasteiger partial charge in [0.05, 0.1) is 8.26 Å². The molecule has 9 nitrogen and oxygen atoms in total. The average Bonchev–Trinajstić information content (AvgIpc) is 3.26. The predicted octanol–water partition coefficient (Wildman–Crippen LogP) is 3.69. The Morgan fingerprint density at radius 1 is 1.12 bits per heavy atom. The summed E-state index contributed by atoms with van der Waals surface area (Å²) in [6.07, 6.45) is -12.9. The number of benzene rings is 1.